The quantitative estimate of drug-likeness (QED) is 0.273. The third-order valence-corrected chi connectivity index (χ3v) is 10.4. The van der Waals surface area contributed by atoms with Gasteiger partial charge in [-0.1, -0.05) is 0 Å². The number of carbonyl (C=O) groups excluding carboxylic acids is 2. The van der Waals surface area contributed by atoms with Crippen molar-refractivity contribution in [2.75, 3.05) is 58.4 Å². The molecular formula is C31H36F2N6O5S. The minimum absolute atomic E-state index is 0.0903. The number of hydrogen-bond donors (Lipinski definition) is 4. The van der Waals surface area contributed by atoms with E-state index in [4.69, 9.17) is 10.8 Å². The molecule has 240 valence electrons. The fraction of sp³-hybridized carbons (Fsp3) is 0.452. The normalized spacial score (nSPS) is 19.0. The lowest BCUT2D eigenvalue weighted by Crippen LogP contribution is -2.39. The Hall–Kier alpha value is -4.04. The predicted octanol–water partition coefficient (Wildman–Crippen LogP) is 3.94. The van der Waals surface area contributed by atoms with Crippen molar-refractivity contribution >= 4 is 55.5 Å². The lowest BCUT2D eigenvalue weighted by atomic mass is 9.93. The molecule has 0 radical (unpaired) electrons. The zero-order valence-corrected chi connectivity index (χ0v) is 25.5. The molecule has 2 saturated heterocycles. The summed E-state index contributed by atoms with van der Waals surface area (Å²) in [5, 5.41) is 12.6. The molecule has 6 rings (SSSR count). The molecular weight excluding hydrogens is 606 g/mol. The smallest absolute Gasteiger partial charge is 0.257 e. The number of anilines is 4. The summed E-state index contributed by atoms with van der Waals surface area (Å²) in [5.41, 5.74) is 8.62. The number of nitrogens with one attached hydrogen (secondary N) is 2. The van der Waals surface area contributed by atoms with Crippen LogP contribution in [-0.2, 0) is 10.0 Å². The standard InChI is InChI=1S/C31H36F2N6O5S/c32-31(33)7-11-39(12-8-31)26-18-23(16-20-15-21(28(34)41)19-35-27(20)26)36-29(42)24-2-1-22(37-45(43,44)14-13-40)17-25(24)38-9-5-30(3-4-30)6-10-38/h1-2,15-19,37,40H,3-14H2,(H2,34,41)(H,36,42). The van der Waals surface area contributed by atoms with Gasteiger partial charge in [-0.2, -0.15) is 0 Å². The molecule has 0 bridgehead atoms. The van der Waals surface area contributed by atoms with Gasteiger partial charge in [-0.25, -0.2) is 17.2 Å². The second kappa shape index (κ2) is 11.7. The first-order valence-electron chi connectivity index (χ1n) is 15.0. The molecule has 45 heavy (non-hydrogen) atoms. The van der Waals surface area contributed by atoms with Crippen molar-refractivity contribution in [2.24, 2.45) is 11.1 Å². The van der Waals surface area contributed by atoms with Gasteiger partial charge in [0.25, 0.3) is 11.8 Å². The molecule has 1 saturated carbocycles. The number of primary amides is 1. The van der Waals surface area contributed by atoms with E-state index in [1.165, 1.54) is 25.1 Å². The minimum atomic E-state index is -3.79. The first kappa shape index (κ1) is 31.0. The molecule has 3 aliphatic rings. The summed E-state index contributed by atoms with van der Waals surface area (Å²) < 4.78 is 55.2. The van der Waals surface area contributed by atoms with Gasteiger partial charge in [0.2, 0.25) is 15.9 Å². The Bertz CT molecular complexity index is 1740. The average molecular weight is 643 g/mol. The number of benzene rings is 2. The summed E-state index contributed by atoms with van der Waals surface area (Å²) >= 11 is 0. The van der Waals surface area contributed by atoms with Gasteiger partial charge in [0.1, 0.15) is 0 Å². The van der Waals surface area contributed by atoms with Gasteiger partial charge in [0.15, 0.2) is 0 Å². The molecule has 0 unspecified atom stereocenters. The number of carbonyl (C=O) groups is 2. The van der Waals surface area contributed by atoms with Crippen LogP contribution in [0.3, 0.4) is 0 Å². The molecule has 1 spiro atoms. The van der Waals surface area contributed by atoms with Crippen molar-refractivity contribution in [3.8, 4) is 0 Å². The van der Waals surface area contributed by atoms with Crippen LogP contribution >= 0.6 is 0 Å². The van der Waals surface area contributed by atoms with Gasteiger partial charge in [-0.3, -0.25) is 19.3 Å². The van der Waals surface area contributed by atoms with E-state index in [0.29, 0.717) is 52.0 Å². The number of aromatic nitrogens is 1. The van der Waals surface area contributed by atoms with Crippen molar-refractivity contribution < 1.29 is 31.9 Å². The SMILES string of the molecule is NC(=O)c1cnc2c(N3CCC(F)(F)CC3)cc(NC(=O)c3ccc(NS(=O)(=O)CCO)cc3N3CCC4(CC3)CC4)cc2c1. The van der Waals surface area contributed by atoms with Crippen molar-refractivity contribution in [1.29, 1.82) is 0 Å². The molecule has 3 heterocycles. The number of pyridine rings is 1. The molecule has 2 amide bonds. The highest BCUT2D eigenvalue weighted by molar-refractivity contribution is 7.92. The van der Waals surface area contributed by atoms with Crippen LogP contribution in [0.2, 0.25) is 0 Å². The average Bonchev–Trinajstić information content (AvgIpc) is 3.75. The van der Waals surface area contributed by atoms with Crippen LogP contribution in [0.5, 0.6) is 0 Å². The van der Waals surface area contributed by atoms with E-state index in [1.54, 1.807) is 35.2 Å². The number of sulfonamides is 1. The molecule has 3 fully saturated rings. The zero-order chi connectivity index (χ0) is 32.0. The topological polar surface area (TPSA) is 158 Å². The third kappa shape index (κ3) is 6.81. The fourth-order valence-corrected chi connectivity index (χ4v) is 7.08. The van der Waals surface area contributed by atoms with Crippen LogP contribution in [0.15, 0.2) is 42.6 Å². The highest BCUT2D eigenvalue weighted by atomic mass is 32.2. The van der Waals surface area contributed by atoms with Crippen LogP contribution in [0.4, 0.5) is 31.5 Å². The fourth-order valence-electron chi connectivity index (χ4n) is 6.25. The van der Waals surface area contributed by atoms with Gasteiger partial charge < -0.3 is 26.0 Å². The summed E-state index contributed by atoms with van der Waals surface area (Å²) in [6.45, 7) is 1.09. The van der Waals surface area contributed by atoms with Crippen molar-refractivity contribution in [1.82, 2.24) is 4.98 Å². The number of hydrogen-bond acceptors (Lipinski definition) is 8. The highest BCUT2D eigenvalue weighted by Crippen LogP contribution is 2.54. The Kier molecular flexibility index (Phi) is 8.06. The number of aliphatic hydroxyl groups is 1. The molecule has 3 aromatic rings. The zero-order valence-electron chi connectivity index (χ0n) is 24.7. The molecule has 0 atom stereocenters. The van der Waals surface area contributed by atoms with Crippen LogP contribution < -0.4 is 25.6 Å². The number of halogens is 2. The van der Waals surface area contributed by atoms with Gasteiger partial charge in [-0.05, 0) is 67.5 Å². The summed E-state index contributed by atoms with van der Waals surface area (Å²) in [5.74, 6) is -4.34. The summed E-state index contributed by atoms with van der Waals surface area (Å²) in [6, 6.07) is 9.60. The van der Waals surface area contributed by atoms with Gasteiger partial charge in [0, 0.05) is 56.3 Å². The number of rotatable bonds is 9. The second-order valence-corrected chi connectivity index (χ2v) is 14.2. The van der Waals surface area contributed by atoms with Crippen molar-refractivity contribution in [3.05, 3.63) is 53.7 Å². The third-order valence-electron chi connectivity index (χ3n) is 9.14. The molecule has 5 N–H and O–H groups in total. The Balaban J connectivity index is 1.34. The summed E-state index contributed by atoms with van der Waals surface area (Å²) in [4.78, 5) is 34.1. The number of nitrogens with two attached hydrogens (primary N) is 1. The summed E-state index contributed by atoms with van der Waals surface area (Å²) in [6.07, 6.45) is 5.05. The number of amides is 2. The number of piperidine rings is 2. The van der Waals surface area contributed by atoms with Crippen molar-refractivity contribution in [3.63, 3.8) is 0 Å². The van der Waals surface area contributed by atoms with Gasteiger partial charge in [0.05, 0.1) is 46.1 Å². The maximum Gasteiger partial charge on any atom is 0.257 e. The summed E-state index contributed by atoms with van der Waals surface area (Å²) in [7, 11) is -3.79. The number of fused-ring (bicyclic) bond motifs is 1. The van der Waals surface area contributed by atoms with E-state index in [9.17, 15) is 26.8 Å². The van der Waals surface area contributed by atoms with E-state index in [0.717, 1.165) is 12.8 Å². The molecule has 11 nitrogen and oxygen atoms in total. The van der Waals surface area contributed by atoms with E-state index in [2.05, 4.69) is 19.9 Å². The monoisotopic (exact) mass is 642 g/mol. The second-order valence-electron chi connectivity index (χ2n) is 12.3. The van der Waals surface area contributed by atoms with Gasteiger partial charge in [-0.15, -0.1) is 0 Å². The largest absolute Gasteiger partial charge is 0.395 e. The molecule has 1 aromatic heterocycles. The Morgan fingerprint density at radius 3 is 2.20 bits per heavy atom. The van der Waals surface area contributed by atoms with E-state index in [-0.39, 0.29) is 37.2 Å². The minimum Gasteiger partial charge on any atom is -0.395 e. The van der Waals surface area contributed by atoms with Crippen LogP contribution in [0.25, 0.3) is 10.9 Å². The molecule has 2 aliphatic heterocycles. The molecule has 2 aromatic carbocycles. The predicted molar refractivity (Wildman–Crippen MR) is 169 cm³/mol. The lowest BCUT2D eigenvalue weighted by Gasteiger charge is -2.35. The number of alkyl halides is 2. The Morgan fingerprint density at radius 1 is 0.911 bits per heavy atom. The van der Waals surface area contributed by atoms with Crippen LogP contribution in [0, 0.1) is 5.41 Å². The van der Waals surface area contributed by atoms with E-state index >= 15 is 0 Å². The lowest BCUT2D eigenvalue weighted by molar-refractivity contribution is -0.0220. The molecule has 14 heteroatoms. The first-order valence-corrected chi connectivity index (χ1v) is 16.7. The Labute approximate surface area is 259 Å². The van der Waals surface area contributed by atoms with Crippen LogP contribution in [0.1, 0.15) is 59.2 Å². The Morgan fingerprint density at radius 2 is 1.56 bits per heavy atom. The van der Waals surface area contributed by atoms with Crippen molar-refractivity contribution in [2.45, 2.75) is 44.4 Å². The molecule has 1 aliphatic carbocycles. The van der Waals surface area contributed by atoms with E-state index in [1.807, 2.05) is 0 Å². The first-order chi connectivity index (χ1) is 21.4. The number of aliphatic hydroxyl groups excluding tert-OH is 1. The number of nitrogens with zero attached hydrogens (tertiary/aromatic N) is 3. The maximum absolute atomic E-state index is 14.0. The van der Waals surface area contributed by atoms with Gasteiger partial charge >= 0.3 is 0 Å². The highest BCUT2D eigenvalue weighted by Gasteiger charge is 2.44. The maximum atomic E-state index is 14.0. The van der Waals surface area contributed by atoms with Crippen LogP contribution in [-0.4, -0.2) is 74.8 Å². The van der Waals surface area contributed by atoms with E-state index < -0.39 is 40.1 Å².